The Hall–Kier alpha value is -1.79. The van der Waals surface area contributed by atoms with E-state index in [9.17, 15) is 18.3 Å². The van der Waals surface area contributed by atoms with Crippen molar-refractivity contribution < 1.29 is 22.7 Å². The van der Waals surface area contributed by atoms with Crippen LogP contribution in [0.15, 0.2) is 47.1 Å². The molecule has 0 aliphatic carbocycles. The fraction of sp³-hybridized carbons (Fsp3) is 0.286. The van der Waals surface area contributed by atoms with E-state index in [0.717, 1.165) is 17.9 Å². The Morgan fingerprint density at radius 3 is 2.40 bits per heavy atom. The first-order valence-electron chi connectivity index (χ1n) is 6.05. The molecule has 3 nitrogen and oxygen atoms in total. The summed E-state index contributed by atoms with van der Waals surface area (Å²) in [6.07, 6.45) is -3.68. The molecule has 0 fully saturated rings. The minimum atomic E-state index is -4.36. The van der Waals surface area contributed by atoms with Crippen molar-refractivity contribution >= 4 is 0 Å². The molecule has 0 aliphatic rings. The van der Waals surface area contributed by atoms with Crippen LogP contribution in [0.3, 0.4) is 0 Å². The third-order valence-corrected chi connectivity index (χ3v) is 2.84. The fourth-order valence-corrected chi connectivity index (χ4v) is 1.76. The van der Waals surface area contributed by atoms with E-state index in [4.69, 9.17) is 4.42 Å². The summed E-state index contributed by atoms with van der Waals surface area (Å²) in [5.74, 6) is 0.726. The second kappa shape index (κ2) is 6.11. The summed E-state index contributed by atoms with van der Waals surface area (Å²) in [6, 6.07) is 8.03. The normalized spacial score (nSPS) is 13.4. The number of hydrogen-bond acceptors (Lipinski definition) is 3. The predicted molar refractivity (Wildman–Crippen MR) is 66.8 cm³/mol. The quantitative estimate of drug-likeness (QED) is 0.887. The van der Waals surface area contributed by atoms with Crippen LogP contribution in [0, 0.1) is 0 Å². The van der Waals surface area contributed by atoms with E-state index in [-0.39, 0.29) is 6.54 Å². The molecule has 0 unspecified atom stereocenters. The number of furan rings is 1. The number of aliphatic hydroxyl groups is 1. The Labute approximate surface area is 114 Å². The Kier molecular flexibility index (Phi) is 4.46. The van der Waals surface area contributed by atoms with Gasteiger partial charge in [0, 0.05) is 6.54 Å². The minimum absolute atomic E-state index is 0.228. The van der Waals surface area contributed by atoms with Crippen LogP contribution in [0.4, 0.5) is 13.2 Å². The highest BCUT2D eigenvalue weighted by Gasteiger charge is 2.30. The maximum Gasteiger partial charge on any atom is 0.416 e. The van der Waals surface area contributed by atoms with Gasteiger partial charge in [0.1, 0.15) is 5.76 Å². The van der Waals surface area contributed by atoms with Crippen LogP contribution in [0.1, 0.15) is 23.0 Å². The lowest BCUT2D eigenvalue weighted by molar-refractivity contribution is -0.137. The lowest BCUT2D eigenvalue weighted by Gasteiger charge is -2.13. The van der Waals surface area contributed by atoms with Gasteiger partial charge in [-0.05, 0) is 29.8 Å². The molecule has 0 saturated carbocycles. The third-order valence-electron chi connectivity index (χ3n) is 2.84. The van der Waals surface area contributed by atoms with Crippen LogP contribution in [-0.2, 0) is 12.7 Å². The molecule has 0 aliphatic heterocycles. The Morgan fingerprint density at radius 2 is 1.85 bits per heavy atom. The maximum atomic E-state index is 12.4. The zero-order chi connectivity index (χ0) is 14.6. The molecule has 0 bridgehead atoms. The third kappa shape index (κ3) is 3.85. The maximum absolute atomic E-state index is 12.4. The van der Waals surface area contributed by atoms with Crippen molar-refractivity contribution in [2.45, 2.75) is 18.8 Å². The number of hydrogen-bond donors (Lipinski definition) is 2. The standard InChI is InChI=1S/C14H14F3NO2/c15-14(16,17)11-5-3-10(4-6-11)13(19)9-18-8-12-2-1-7-20-12/h1-7,13,18-19H,8-9H2/t13-/m0/s1. The Bertz CT molecular complexity index is 520. The van der Waals surface area contributed by atoms with Gasteiger partial charge in [0.15, 0.2) is 0 Å². The Morgan fingerprint density at radius 1 is 1.15 bits per heavy atom. The lowest BCUT2D eigenvalue weighted by atomic mass is 10.1. The molecule has 1 atom stereocenters. The van der Waals surface area contributed by atoms with E-state index in [1.165, 1.54) is 12.1 Å². The summed E-state index contributed by atoms with van der Waals surface area (Å²) < 4.78 is 42.3. The van der Waals surface area contributed by atoms with Gasteiger partial charge in [0.2, 0.25) is 0 Å². The van der Waals surface area contributed by atoms with Crippen LogP contribution >= 0.6 is 0 Å². The van der Waals surface area contributed by atoms with Gasteiger partial charge in [-0.1, -0.05) is 12.1 Å². The molecule has 20 heavy (non-hydrogen) atoms. The van der Waals surface area contributed by atoms with Gasteiger partial charge in [-0.3, -0.25) is 0 Å². The molecule has 0 amide bonds. The second-order valence-electron chi connectivity index (χ2n) is 4.35. The van der Waals surface area contributed by atoms with Gasteiger partial charge in [0.05, 0.1) is 24.5 Å². The molecule has 1 aromatic heterocycles. The molecule has 6 heteroatoms. The SMILES string of the molecule is O[C@@H](CNCc1ccco1)c1ccc(C(F)(F)F)cc1. The van der Waals surface area contributed by atoms with Crippen LogP contribution < -0.4 is 5.32 Å². The molecule has 2 aromatic rings. The summed E-state index contributed by atoms with van der Waals surface area (Å²) in [7, 11) is 0. The fourth-order valence-electron chi connectivity index (χ4n) is 1.76. The number of halogens is 3. The Balaban J connectivity index is 1.87. The largest absolute Gasteiger partial charge is 0.468 e. The summed E-state index contributed by atoms with van der Waals surface area (Å²) in [5.41, 5.74) is -0.290. The molecule has 1 heterocycles. The highest BCUT2D eigenvalue weighted by Crippen LogP contribution is 2.29. The first kappa shape index (κ1) is 14.6. The number of nitrogens with one attached hydrogen (secondary N) is 1. The average molecular weight is 285 g/mol. The van der Waals surface area contributed by atoms with Gasteiger partial charge < -0.3 is 14.8 Å². The predicted octanol–water partition coefficient (Wildman–Crippen LogP) is 3.12. The molecular weight excluding hydrogens is 271 g/mol. The van der Waals surface area contributed by atoms with Crippen molar-refractivity contribution in [3.8, 4) is 0 Å². The molecule has 0 radical (unpaired) electrons. The van der Waals surface area contributed by atoms with Gasteiger partial charge >= 0.3 is 6.18 Å². The topological polar surface area (TPSA) is 45.4 Å². The van der Waals surface area contributed by atoms with E-state index in [2.05, 4.69) is 5.32 Å². The number of alkyl halides is 3. The molecule has 2 N–H and O–H groups in total. The lowest BCUT2D eigenvalue weighted by Crippen LogP contribution is -2.20. The van der Waals surface area contributed by atoms with Crippen LogP contribution in [-0.4, -0.2) is 11.7 Å². The summed E-state index contributed by atoms with van der Waals surface area (Å²) in [5, 5.41) is 12.8. The van der Waals surface area contributed by atoms with E-state index in [1.54, 1.807) is 18.4 Å². The zero-order valence-electron chi connectivity index (χ0n) is 10.5. The highest BCUT2D eigenvalue weighted by atomic mass is 19.4. The first-order valence-corrected chi connectivity index (χ1v) is 6.05. The minimum Gasteiger partial charge on any atom is -0.468 e. The number of benzene rings is 1. The second-order valence-corrected chi connectivity index (χ2v) is 4.35. The smallest absolute Gasteiger partial charge is 0.416 e. The molecule has 2 rings (SSSR count). The zero-order valence-corrected chi connectivity index (χ0v) is 10.5. The highest BCUT2D eigenvalue weighted by molar-refractivity contribution is 5.26. The summed E-state index contributed by atoms with van der Waals surface area (Å²) >= 11 is 0. The molecular formula is C14H14F3NO2. The molecule has 1 aromatic carbocycles. The van der Waals surface area contributed by atoms with Gasteiger partial charge in [-0.15, -0.1) is 0 Å². The first-order chi connectivity index (χ1) is 9.47. The van der Waals surface area contributed by atoms with Crippen LogP contribution in [0.25, 0.3) is 0 Å². The molecule has 0 saturated heterocycles. The van der Waals surface area contributed by atoms with Crippen LogP contribution in [0.5, 0.6) is 0 Å². The van der Waals surface area contributed by atoms with Crippen molar-refractivity contribution in [2.75, 3.05) is 6.54 Å². The van der Waals surface area contributed by atoms with Crippen molar-refractivity contribution in [1.82, 2.24) is 5.32 Å². The van der Waals surface area contributed by atoms with Crippen molar-refractivity contribution in [3.63, 3.8) is 0 Å². The number of rotatable bonds is 5. The van der Waals surface area contributed by atoms with Gasteiger partial charge in [0.25, 0.3) is 0 Å². The summed E-state index contributed by atoms with van der Waals surface area (Å²) in [6.45, 7) is 0.677. The van der Waals surface area contributed by atoms with Gasteiger partial charge in [-0.2, -0.15) is 13.2 Å². The van der Waals surface area contributed by atoms with E-state index >= 15 is 0 Å². The van der Waals surface area contributed by atoms with E-state index in [0.29, 0.717) is 12.1 Å². The number of aliphatic hydroxyl groups excluding tert-OH is 1. The van der Waals surface area contributed by atoms with Crippen molar-refractivity contribution in [1.29, 1.82) is 0 Å². The average Bonchev–Trinajstić information content (AvgIpc) is 2.91. The van der Waals surface area contributed by atoms with Crippen molar-refractivity contribution in [2.24, 2.45) is 0 Å². The monoisotopic (exact) mass is 285 g/mol. The van der Waals surface area contributed by atoms with Crippen molar-refractivity contribution in [3.05, 3.63) is 59.5 Å². The van der Waals surface area contributed by atoms with E-state index in [1.807, 2.05) is 0 Å². The molecule has 108 valence electrons. The summed E-state index contributed by atoms with van der Waals surface area (Å²) in [4.78, 5) is 0. The van der Waals surface area contributed by atoms with E-state index < -0.39 is 17.8 Å². The van der Waals surface area contributed by atoms with Crippen LogP contribution in [0.2, 0.25) is 0 Å². The van der Waals surface area contributed by atoms with Gasteiger partial charge in [-0.25, -0.2) is 0 Å². The molecule has 0 spiro atoms.